The molecular formula is C19H24N2O2S. The van der Waals surface area contributed by atoms with Gasteiger partial charge in [0, 0.05) is 18.7 Å². The molecule has 2 aliphatic heterocycles. The minimum atomic E-state index is -0.135. The fourth-order valence-corrected chi connectivity index (χ4v) is 3.77. The predicted octanol–water partition coefficient (Wildman–Crippen LogP) is 4.32. The van der Waals surface area contributed by atoms with Gasteiger partial charge in [-0.2, -0.15) is 4.99 Å². The van der Waals surface area contributed by atoms with Gasteiger partial charge in [-0.25, -0.2) is 0 Å². The molecule has 1 amide bonds. The van der Waals surface area contributed by atoms with Crippen molar-refractivity contribution in [3.63, 3.8) is 0 Å². The van der Waals surface area contributed by atoms with Crippen LogP contribution in [0.3, 0.4) is 0 Å². The second-order valence-corrected chi connectivity index (χ2v) is 7.11. The van der Waals surface area contributed by atoms with Crippen LogP contribution in [0.25, 0.3) is 6.08 Å². The van der Waals surface area contributed by atoms with Gasteiger partial charge in [0.2, 0.25) is 0 Å². The number of unbranched alkanes of at least 4 members (excludes halogenated alkanes) is 1. The molecule has 0 aromatic heterocycles. The quantitative estimate of drug-likeness (QED) is 0.589. The van der Waals surface area contributed by atoms with Gasteiger partial charge in [-0.15, -0.1) is 0 Å². The normalized spacial score (nSPS) is 19.7. The Morgan fingerprint density at radius 2 is 2.04 bits per heavy atom. The molecule has 0 aliphatic carbocycles. The van der Waals surface area contributed by atoms with E-state index in [1.807, 2.05) is 30.3 Å². The fraction of sp³-hybridized carbons (Fsp3) is 0.474. The lowest BCUT2D eigenvalue weighted by Crippen LogP contribution is -2.33. The largest absolute Gasteiger partial charge is 0.493 e. The number of hydrogen-bond donors (Lipinski definition) is 0. The van der Waals surface area contributed by atoms with Crippen molar-refractivity contribution in [2.45, 2.75) is 39.0 Å². The third kappa shape index (κ3) is 4.20. The summed E-state index contributed by atoms with van der Waals surface area (Å²) in [5.74, 6) is 0.696. The number of amidine groups is 1. The number of ether oxygens (including phenoxy) is 1. The summed E-state index contributed by atoms with van der Waals surface area (Å²) in [6.45, 7) is 4.85. The monoisotopic (exact) mass is 344 g/mol. The zero-order chi connectivity index (χ0) is 16.8. The Morgan fingerprint density at radius 3 is 2.83 bits per heavy atom. The summed E-state index contributed by atoms with van der Waals surface area (Å²) in [7, 11) is 0. The third-order valence-electron chi connectivity index (χ3n) is 4.20. The van der Waals surface area contributed by atoms with E-state index in [0.29, 0.717) is 11.5 Å². The van der Waals surface area contributed by atoms with Crippen molar-refractivity contribution in [2.75, 3.05) is 19.7 Å². The fourth-order valence-electron chi connectivity index (χ4n) is 2.82. The van der Waals surface area contributed by atoms with E-state index in [9.17, 15) is 4.79 Å². The molecule has 1 fully saturated rings. The summed E-state index contributed by atoms with van der Waals surface area (Å²) in [5.41, 5.74) is 0.944. The van der Waals surface area contributed by atoms with E-state index in [1.165, 1.54) is 31.0 Å². The van der Waals surface area contributed by atoms with Crippen molar-refractivity contribution in [2.24, 2.45) is 4.99 Å². The van der Waals surface area contributed by atoms with Crippen LogP contribution in [0.15, 0.2) is 34.2 Å². The number of amides is 1. The van der Waals surface area contributed by atoms with Crippen molar-refractivity contribution >= 4 is 28.9 Å². The van der Waals surface area contributed by atoms with Crippen LogP contribution in [0.2, 0.25) is 0 Å². The molecule has 1 saturated heterocycles. The maximum absolute atomic E-state index is 12.3. The Bertz CT molecular complexity index is 649. The Labute approximate surface area is 148 Å². The average molecular weight is 344 g/mol. The smallest absolute Gasteiger partial charge is 0.286 e. The summed E-state index contributed by atoms with van der Waals surface area (Å²) in [6, 6.07) is 7.87. The van der Waals surface area contributed by atoms with Gasteiger partial charge in [-0.3, -0.25) is 4.79 Å². The van der Waals surface area contributed by atoms with Gasteiger partial charge in [0.15, 0.2) is 5.17 Å². The van der Waals surface area contributed by atoms with Crippen molar-refractivity contribution in [1.82, 2.24) is 4.90 Å². The Kier molecular flexibility index (Phi) is 5.96. The molecule has 4 nitrogen and oxygen atoms in total. The first-order chi connectivity index (χ1) is 11.8. The Balaban J connectivity index is 1.72. The minimum Gasteiger partial charge on any atom is -0.493 e. The van der Waals surface area contributed by atoms with Gasteiger partial charge in [0.1, 0.15) is 5.75 Å². The number of aliphatic imine (C=N–C) groups is 1. The molecule has 128 valence electrons. The van der Waals surface area contributed by atoms with Gasteiger partial charge in [-0.05, 0) is 49.6 Å². The number of benzene rings is 1. The molecule has 1 aromatic rings. The van der Waals surface area contributed by atoms with Crippen LogP contribution >= 0.6 is 11.8 Å². The van der Waals surface area contributed by atoms with E-state index in [4.69, 9.17) is 4.74 Å². The molecule has 24 heavy (non-hydrogen) atoms. The molecular weight excluding hydrogens is 320 g/mol. The molecule has 2 aliphatic rings. The van der Waals surface area contributed by atoms with E-state index in [0.717, 1.165) is 42.4 Å². The molecule has 5 heteroatoms. The van der Waals surface area contributed by atoms with Gasteiger partial charge < -0.3 is 9.64 Å². The Hall–Kier alpha value is -1.75. The molecule has 3 rings (SSSR count). The molecule has 0 radical (unpaired) electrons. The van der Waals surface area contributed by atoms with E-state index in [-0.39, 0.29) is 5.91 Å². The summed E-state index contributed by atoms with van der Waals surface area (Å²) in [6.07, 6.45) is 7.68. The lowest BCUT2D eigenvalue weighted by Gasteiger charge is -2.27. The van der Waals surface area contributed by atoms with E-state index >= 15 is 0 Å². The number of carbonyl (C=O) groups is 1. The predicted molar refractivity (Wildman–Crippen MR) is 100 cm³/mol. The highest BCUT2D eigenvalue weighted by molar-refractivity contribution is 8.18. The van der Waals surface area contributed by atoms with Crippen LogP contribution in [0.1, 0.15) is 44.6 Å². The zero-order valence-electron chi connectivity index (χ0n) is 14.2. The summed E-state index contributed by atoms with van der Waals surface area (Å²) < 4.78 is 5.85. The number of thioether (sulfide) groups is 1. The number of nitrogens with zero attached hydrogens (tertiary/aromatic N) is 2. The second kappa shape index (κ2) is 8.38. The molecule has 0 N–H and O–H groups in total. The molecule has 0 bridgehead atoms. The van der Waals surface area contributed by atoms with E-state index in [2.05, 4.69) is 16.8 Å². The average Bonchev–Trinajstić information content (AvgIpc) is 2.98. The van der Waals surface area contributed by atoms with Crippen molar-refractivity contribution in [3.05, 3.63) is 34.7 Å². The highest BCUT2D eigenvalue weighted by Gasteiger charge is 2.27. The van der Waals surface area contributed by atoms with Gasteiger partial charge in [0.25, 0.3) is 5.91 Å². The molecule has 0 saturated carbocycles. The van der Waals surface area contributed by atoms with Crippen molar-refractivity contribution < 1.29 is 9.53 Å². The van der Waals surface area contributed by atoms with Crippen LogP contribution in [-0.2, 0) is 4.79 Å². The minimum absolute atomic E-state index is 0.135. The molecule has 0 spiro atoms. The number of carbonyl (C=O) groups excluding carboxylic acids is 1. The van der Waals surface area contributed by atoms with Gasteiger partial charge in [-0.1, -0.05) is 31.5 Å². The first-order valence-electron chi connectivity index (χ1n) is 8.77. The van der Waals surface area contributed by atoms with E-state index in [1.54, 1.807) is 0 Å². The Morgan fingerprint density at radius 1 is 1.25 bits per heavy atom. The molecule has 1 aromatic carbocycles. The zero-order valence-corrected chi connectivity index (χ0v) is 15.0. The van der Waals surface area contributed by atoms with Crippen LogP contribution in [0.5, 0.6) is 5.75 Å². The van der Waals surface area contributed by atoms with Crippen LogP contribution in [0, 0.1) is 0 Å². The van der Waals surface area contributed by atoms with Gasteiger partial charge >= 0.3 is 0 Å². The van der Waals surface area contributed by atoms with Crippen molar-refractivity contribution in [3.8, 4) is 5.75 Å². The maximum atomic E-state index is 12.3. The highest BCUT2D eigenvalue weighted by atomic mass is 32.2. The lowest BCUT2D eigenvalue weighted by atomic mass is 10.1. The standard InChI is InChI=1S/C19H24N2O2S/c1-2-3-13-23-16-10-6-5-9-15(16)14-17-18(22)20-19(24-17)21-11-7-4-8-12-21/h5-6,9-10,14H,2-4,7-8,11-13H2,1H3/b17-14+. The molecule has 0 unspecified atom stereocenters. The SMILES string of the molecule is CCCCOc1ccccc1/C=C1/SC(N2CCCCC2)=NC1=O. The van der Waals surface area contributed by atoms with E-state index < -0.39 is 0 Å². The summed E-state index contributed by atoms with van der Waals surface area (Å²) in [4.78, 5) is 19.4. The number of hydrogen-bond acceptors (Lipinski definition) is 4. The van der Waals surface area contributed by atoms with Crippen LogP contribution in [0.4, 0.5) is 0 Å². The number of para-hydroxylation sites is 1. The lowest BCUT2D eigenvalue weighted by molar-refractivity contribution is -0.113. The number of likely N-dealkylation sites (tertiary alicyclic amines) is 1. The summed E-state index contributed by atoms with van der Waals surface area (Å²) >= 11 is 1.49. The van der Waals surface area contributed by atoms with Crippen LogP contribution < -0.4 is 4.74 Å². The topological polar surface area (TPSA) is 41.9 Å². The first-order valence-corrected chi connectivity index (χ1v) is 9.59. The third-order valence-corrected chi connectivity index (χ3v) is 5.24. The van der Waals surface area contributed by atoms with Crippen LogP contribution in [-0.4, -0.2) is 35.7 Å². The highest BCUT2D eigenvalue weighted by Crippen LogP contribution is 2.33. The number of rotatable bonds is 5. The van der Waals surface area contributed by atoms with Crippen molar-refractivity contribution in [1.29, 1.82) is 0 Å². The van der Waals surface area contributed by atoms with Gasteiger partial charge in [0.05, 0.1) is 11.5 Å². The second-order valence-electron chi connectivity index (χ2n) is 6.10. The molecule has 0 atom stereocenters. The molecule has 2 heterocycles. The number of piperidine rings is 1. The first kappa shape index (κ1) is 17.1. The maximum Gasteiger partial charge on any atom is 0.286 e. The summed E-state index contributed by atoms with van der Waals surface area (Å²) in [5, 5.41) is 0.857.